The van der Waals surface area contributed by atoms with E-state index in [-0.39, 0.29) is 19.6 Å². The molecular weight excluding hydrogens is 320 g/mol. The molecule has 1 saturated heterocycles. The van der Waals surface area contributed by atoms with Crippen molar-refractivity contribution in [2.75, 3.05) is 72.0 Å². The third-order valence-corrected chi connectivity index (χ3v) is 3.69. The van der Waals surface area contributed by atoms with Crippen molar-refractivity contribution in [3.8, 4) is 0 Å². The minimum atomic E-state index is -0.987. The standard InChI is InChI=1S/C14H26N4O6/c19-12(20)9-16-3-1-15-2-4-17(10-13(21)22)6-8-18(7-5-16)11-14(23)24/h15H,1-11H2,(H,19,20)(H,21,22)(H,23,24)/i/hD. The molecule has 0 aliphatic carbocycles. The van der Waals surface area contributed by atoms with Crippen molar-refractivity contribution in [3.05, 3.63) is 0 Å². The second-order valence-electron chi connectivity index (χ2n) is 5.68. The largest absolute Gasteiger partial charge is 0.480 e. The summed E-state index contributed by atoms with van der Waals surface area (Å²) < 4.78 is 7.88. The number of nitrogens with zero attached hydrogens (tertiary/aromatic N) is 3. The molecule has 1 rings (SSSR count). The number of hydrogen-bond donors (Lipinski definition) is 4. The van der Waals surface area contributed by atoms with Crippen LogP contribution in [0.3, 0.4) is 0 Å². The summed E-state index contributed by atoms with van der Waals surface area (Å²) in [6, 6.07) is 0. The number of hydrogen-bond acceptors (Lipinski definition) is 7. The predicted molar refractivity (Wildman–Crippen MR) is 85.1 cm³/mol. The minimum Gasteiger partial charge on any atom is -0.480 e. The summed E-state index contributed by atoms with van der Waals surface area (Å²) in [6.45, 7) is 2.33. The average molecular weight is 347 g/mol. The molecular formula is C14H26N4O6. The summed E-state index contributed by atoms with van der Waals surface area (Å²) in [7, 11) is 0. The molecule has 10 heteroatoms. The first kappa shape index (κ1) is 18.6. The number of rotatable bonds is 6. The van der Waals surface area contributed by atoms with Gasteiger partial charge in [0, 0.05) is 52.4 Å². The molecule has 1 aliphatic heterocycles. The Morgan fingerprint density at radius 2 is 1.00 bits per heavy atom. The van der Waals surface area contributed by atoms with E-state index in [0.29, 0.717) is 52.4 Å². The molecule has 0 aromatic heterocycles. The van der Waals surface area contributed by atoms with Crippen LogP contribution in [0.1, 0.15) is 0 Å². The first-order valence-electron chi connectivity index (χ1n) is 8.27. The van der Waals surface area contributed by atoms with Gasteiger partial charge in [0.05, 0.1) is 19.6 Å². The zero-order valence-corrected chi connectivity index (χ0v) is 13.6. The Hall–Kier alpha value is -1.75. The predicted octanol–water partition coefficient (Wildman–Crippen LogP) is -2.25. The van der Waals surface area contributed by atoms with Crippen LogP contribution in [0.4, 0.5) is 0 Å². The maximum Gasteiger partial charge on any atom is 0.317 e. The van der Waals surface area contributed by atoms with Crippen molar-refractivity contribution in [1.82, 2.24) is 20.0 Å². The number of carboxylic acids is 3. The van der Waals surface area contributed by atoms with Gasteiger partial charge in [0.1, 0.15) is 1.41 Å². The molecule has 0 aromatic carbocycles. The molecule has 10 nitrogen and oxygen atoms in total. The second kappa shape index (κ2) is 10.9. The minimum absolute atomic E-state index is 0.167. The first-order chi connectivity index (χ1) is 11.8. The highest BCUT2D eigenvalue weighted by Gasteiger charge is 2.17. The lowest BCUT2D eigenvalue weighted by Gasteiger charge is -2.29. The van der Waals surface area contributed by atoms with Crippen molar-refractivity contribution in [1.29, 1.82) is 0 Å². The number of carbonyl (C=O) groups is 3. The summed E-state index contributed by atoms with van der Waals surface area (Å²) in [4.78, 5) is 38.0. The van der Waals surface area contributed by atoms with E-state index in [1.165, 1.54) is 5.31 Å². The summed E-state index contributed by atoms with van der Waals surface area (Å²) >= 11 is 0. The van der Waals surface area contributed by atoms with Gasteiger partial charge in [-0.15, -0.1) is 0 Å². The van der Waals surface area contributed by atoms with Crippen LogP contribution in [-0.2, 0) is 14.4 Å². The Morgan fingerprint density at radius 1 is 0.708 bits per heavy atom. The van der Waals surface area contributed by atoms with Crippen LogP contribution in [-0.4, -0.2) is 120 Å². The van der Waals surface area contributed by atoms with Gasteiger partial charge in [-0.3, -0.25) is 29.1 Å². The van der Waals surface area contributed by atoms with Gasteiger partial charge in [0.25, 0.3) is 0 Å². The highest BCUT2D eigenvalue weighted by Crippen LogP contribution is 1.97. The van der Waals surface area contributed by atoms with Gasteiger partial charge in [0.2, 0.25) is 0 Å². The fourth-order valence-corrected chi connectivity index (χ4v) is 2.49. The van der Waals surface area contributed by atoms with Crippen molar-refractivity contribution in [3.63, 3.8) is 0 Å². The van der Waals surface area contributed by atoms with E-state index in [1.807, 2.05) is 0 Å². The van der Waals surface area contributed by atoms with E-state index in [9.17, 15) is 14.4 Å². The third-order valence-electron chi connectivity index (χ3n) is 3.69. The van der Waals surface area contributed by atoms with Gasteiger partial charge in [-0.1, -0.05) is 0 Å². The number of nitrogens with one attached hydrogen (secondary N) is 1. The molecule has 138 valence electrons. The van der Waals surface area contributed by atoms with Crippen molar-refractivity contribution in [2.45, 2.75) is 0 Å². The molecule has 0 radical (unpaired) electrons. The van der Waals surface area contributed by atoms with E-state index in [2.05, 4.69) is 0 Å². The highest BCUT2D eigenvalue weighted by molar-refractivity contribution is 5.69. The second-order valence-corrected chi connectivity index (χ2v) is 5.68. The lowest BCUT2D eigenvalue weighted by molar-refractivity contribution is -0.140. The zero-order valence-electron chi connectivity index (χ0n) is 14.6. The van der Waals surface area contributed by atoms with Crippen LogP contribution in [0.25, 0.3) is 0 Å². The number of aliphatic carboxylic acids is 3. The Bertz CT molecular complexity index is 435. The van der Waals surface area contributed by atoms with Gasteiger partial charge in [0.15, 0.2) is 0 Å². The molecule has 0 spiro atoms. The first-order valence-corrected chi connectivity index (χ1v) is 7.82. The maximum absolute atomic E-state index is 11.0. The molecule has 1 fully saturated rings. The van der Waals surface area contributed by atoms with E-state index >= 15 is 0 Å². The lowest BCUT2D eigenvalue weighted by atomic mass is 10.3. The third kappa shape index (κ3) is 9.40. The quantitative estimate of drug-likeness (QED) is 0.417. The normalized spacial score (nSPS) is 21.4. The van der Waals surface area contributed by atoms with E-state index in [4.69, 9.17) is 16.7 Å². The van der Waals surface area contributed by atoms with Crippen LogP contribution in [0.15, 0.2) is 0 Å². The van der Waals surface area contributed by atoms with E-state index in [1.54, 1.807) is 14.7 Å². The monoisotopic (exact) mass is 347 g/mol. The Morgan fingerprint density at radius 3 is 1.29 bits per heavy atom. The molecule has 0 saturated carbocycles. The molecule has 0 aromatic rings. The molecule has 0 unspecified atom stereocenters. The molecule has 24 heavy (non-hydrogen) atoms. The Balaban J connectivity index is 2.76. The molecule has 1 heterocycles. The van der Waals surface area contributed by atoms with Gasteiger partial charge in [-0.05, 0) is 0 Å². The van der Waals surface area contributed by atoms with Crippen molar-refractivity contribution in [2.24, 2.45) is 0 Å². The summed E-state index contributed by atoms with van der Waals surface area (Å²) in [5.41, 5.74) is 0. The van der Waals surface area contributed by atoms with Crippen LogP contribution in [0.2, 0.25) is 1.41 Å². The molecule has 0 atom stereocenters. The molecule has 1 aliphatic rings. The smallest absolute Gasteiger partial charge is 0.317 e. The highest BCUT2D eigenvalue weighted by atomic mass is 16.4. The van der Waals surface area contributed by atoms with Crippen LogP contribution < -0.4 is 5.31 Å². The van der Waals surface area contributed by atoms with Crippen LogP contribution in [0.5, 0.6) is 0 Å². The van der Waals surface area contributed by atoms with E-state index < -0.39 is 17.9 Å². The van der Waals surface area contributed by atoms with Crippen molar-refractivity contribution >= 4 is 17.9 Å². The summed E-state index contributed by atoms with van der Waals surface area (Å²) in [6.07, 6.45) is 0. The zero-order chi connectivity index (χ0) is 18.8. The lowest BCUT2D eigenvalue weighted by Crippen LogP contribution is -2.47. The molecule has 0 bridgehead atoms. The van der Waals surface area contributed by atoms with Crippen LogP contribution in [0, 0.1) is 0 Å². The fourth-order valence-electron chi connectivity index (χ4n) is 2.49. The summed E-state index contributed by atoms with van der Waals surface area (Å²) in [5.74, 6) is -2.93. The topological polar surface area (TPSA) is 134 Å². The van der Waals surface area contributed by atoms with Crippen molar-refractivity contribution < 1.29 is 31.1 Å². The van der Waals surface area contributed by atoms with Crippen LogP contribution >= 0.6 is 0 Å². The Labute approximate surface area is 142 Å². The average Bonchev–Trinajstić information content (AvgIpc) is 2.49. The van der Waals surface area contributed by atoms with Gasteiger partial charge >= 0.3 is 17.9 Å². The van der Waals surface area contributed by atoms with Gasteiger partial charge in [-0.25, -0.2) is 0 Å². The summed E-state index contributed by atoms with van der Waals surface area (Å²) in [5, 5.41) is 28.3. The molecule has 4 N–H and O–H groups in total. The molecule has 0 amide bonds. The maximum atomic E-state index is 11.0. The van der Waals surface area contributed by atoms with E-state index in [0.717, 1.165) is 0 Å². The SMILES string of the molecule is [2H]N1CCN(CC(=O)O)CCN(CC(=O)O)CCN(CC(=O)O)CC1. The Kier molecular flexibility index (Phi) is 8.46. The van der Waals surface area contributed by atoms with Gasteiger partial charge in [-0.2, -0.15) is 0 Å². The fraction of sp³-hybridized carbons (Fsp3) is 0.786. The van der Waals surface area contributed by atoms with Gasteiger partial charge < -0.3 is 20.6 Å². The number of carboxylic acid groups (broad SMARTS) is 3.